The van der Waals surface area contributed by atoms with Crippen LogP contribution in [0.15, 0.2) is 67.0 Å². The fraction of sp³-hybridized carbons (Fsp3) is 0.150. The Morgan fingerprint density at radius 2 is 1.77 bits per heavy atom. The van der Waals surface area contributed by atoms with E-state index < -0.39 is 0 Å². The maximum absolute atomic E-state index is 12.1. The fourth-order valence-corrected chi connectivity index (χ4v) is 2.54. The van der Waals surface area contributed by atoms with Crippen LogP contribution in [0.1, 0.15) is 22.3 Å². The summed E-state index contributed by atoms with van der Waals surface area (Å²) in [6, 6.07) is 16.6. The minimum Gasteiger partial charge on any atom is -0.355 e. The van der Waals surface area contributed by atoms with Crippen LogP contribution >= 0.6 is 0 Å². The van der Waals surface area contributed by atoms with Crippen LogP contribution in [0.3, 0.4) is 0 Å². The number of hydrogen-bond donors (Lipinski definition) is 2. The molecule has 2 amide bonds. The van der Waals surface area contributed by atoms with Crippen molar-refractivity contribution >= 4 is 17.5 Å². The second kappa shape index (κ2) is 8.11. The van der Waals surface area contributed by atoms with Crippen LogP contribution in [0.2, 0.25) is 0 Å². The summed E-state index contributed by atoms with van der Waals surface area (Å²) in [5.74, 6) is -0.233. The van der Waals surface area contributed by atoms with Crippen LogP contribution in [-0.2, 0) is 11.2 Å². The monoisotopic (exact) mass is 348 g/mol. The first-order valence-corrected chi connectivity index (χ1v) is 8.36. The van der Waals surface area contributed by atoms with Gasteiger partial charge in [0.1, 0.15) is 0 Å². The molecule has 0 aliphatic rings. The Morgan fingerprint density at radius 1 is 1.04 bits per heavy atom. The Hall–Kier alpha value is -3.41. The molecule has 26 heavy (non-hydrogen) atoms. The summed E-state index contributed by atoms with van der Waals surface area (Å²) < 4.78 is 1.80. The standard InChI is InChI=1S/C20H20N4O2/c1-21-20(26)16-8-10-17(11-9-16)23-19(25)12-7-15-13-22-24(14-15)18-5-3-2-4-6-18/h2-6,8-11,13-14H,7,12H2,1H3,(H,21,26)(H,23,25). The van der Waals surface area contributed by atoms with Crippen molar-refractivity contribution in [2.24, 2.45) is 0 Å². The van der Waals surface area contributed by atoms with E-state index >= 15 is 0 Å². The molecule has 0 aliphatic carbocycles. The van der Waals surface area contributed by atoms with Gasteiger partial charge in [-0.25, -0.2) is 4.68 Å². The molecule has 0 atom stereocenters. The van der Waals surface area contributed by atoms with Gasteiger partial charge in [0.25, 0.3) is 5.91 Å². The van der Waals surface area contributed by atoms with Gasteiger partial charge in [0, 0.05) is 30.9 Å². The number of rotatable bonds is 6. The number of aryl methyl sites for hydroxylation is 1. The van der Waals surface area contributed by atoms with E-state index in [4.69, 9.17) is 0 Å². The molecule has 3 rings (SSSR count). The Morgan fingerprint density at radius 3 is 2.46 bits per heavy atom. The molecule has 6 heteroatoms. The van der Waals surface area contributed by atoms with E-state index in [2.05, 4.69) is 15.7 Å². The highest BCUT2D eigenvalue weighted by atomic mass is 16.2. The maximum atomic E-state index is 12.1. The van der Waals surface area contributed by atoms with Gasteiger partial charge in [-0.3, -0.25) is 9.59 Å². The van der Waals surface area contributed by atoms with E-state index in [-0.39, 0.29) is 11.8 Å². The molecule has 0 saturated heterocycles. The number of benzene rings is 2. The topological polar surface area (TPSA) is 76.0 Å². The van der Waals surface area contributed by atoms with Crippen molar-refractivity contribution in [1.82, 2.24) is 15.1 Å². The van der Waals surface area contributed by atoms with Gasteiger partial charge >= 0.3 is 0 Å². The minimum absolute atomic E-state index is 0.0786. The minimum atomic E-state index is -0.154. The zero-order chi connectivity index (χ0) is 18.4. The lowest BCUT2D eigenvalue weighted by atomic mass is 10.1. The largest absolute Gasteiger partial charge is 0.355 e. The highest BCUT2D eigenvalue weighted by molar-refractivity contribution is 5.95. The smallest absolute Gasteiger partial charge is 0.251 e. The molecule has 1 heterocycles. The van der Waals surface area contributed by atoms with E-state index in [1.807, 2.05) is 36.5 Å². The van der Waals surface area contributed by atoms with E-state index in [1.165, 1.54) is 0 Å². The molecule has 2 aromatic carbocycles. The first-order valence-electron chi connectivity index (χ1n) is 8.36. The molecule has 132 valence electrons. The van der Waals surface area contributed by atoms with E-state index in [9.17, 15) is 9.59 Å². The van der Waals surface area contributed by atoms with Crippen molar-refractivity contribution in [3.63, 3.8) is 0 Å². The van der Waals surface area contributed by atoms with Crippen LogP contribution in [0.25, 0.3) is 5.69 Å². The first kappa shape index (κ1) is 17.4. The molecule has 0 radical (unpaired) electrons. The Bertz CT molecular complexity index is 886. The molecular formula is C20H20N4O2. The summed E-state index contributed by atoms with van der Waals surface area (Å²) in [6.07, 6.45) is 4.67. The summed E-state index contributed by atoms with van der Waals surface area (Å²) >= 11 is 0. The van der Waals surface area contributed by atoms with Crippen LogP contribution < -0.4 is 10.6 Å². The second-order valence-corrected chi connectivity index (χ2v) is 5.83. The number of hydrogen-bond acceptors (Lipinski definition) is 3. The third-order valence-electron chi connectivity index (χ3n) is 3.96. The molecule has 0 bridgehead atoms. The molecular weight excluding hydrogens is 328 g/mol. The summed E-state index contributed by atoms with van der Waals surface area (Å²) in [4.78, 5) is 23.6. The number of anilines is 1. The SMILES string of the molecule is CNC(=O)c1ccc(NC(=O)CCc2cnn(-c3ccccc3)c2)cc1. The van der Waals surface area contributed by atoms with Gasteiger partial charge in [-0.2, -0.15) is 5.10 Å². The van der Waals surface area contributed by atoms with E-state index in [0.717, 1.165) is 11.3 Å². The average molecular weight is 348 g/mol. The summed E-state index contributed by atoms with van der Waals surface area (Å²) in [7, 11) is 1.58. The van der Waals surface area contributed by atoms with Gasteiger partial charge < -0.3 is 10.6 Å². The summed E-state index contributed by atoms with van der Waals surface area (Å²) in [5, 5.41) is 9.73. The van der Waals surface area contributed by atoms with Gasteiger partial charge in [0.15, 0.2) is 0 Å². The van der Waals surface area contributed by atoms with Crippen LogP contribution in [-0.4, -0.2) is 28.6 Å². The Balaban J connectivity index is 1.53. The van der Waals surface area contributed by atoms with Gasteiger partial charge in [-0.1, -0.05) is 18.2 Å². The normalized spacial score (nSPS) is 10.3. The Kier molecular flexibility index (Phi) is 5.43. The summed E-state index contributed by atoms with van der Waals surface area (Å²) in [6.45, 7) is 0. The highest BCUT2D eigenvalue weighted by Gasteiger charge is 2.07. The quantitative estimate of drug-likeness (QED) is 0.719. The molecule has 0 spiro atoms. The molecule has 2 N–H and O–H groups in total. The Labute approximate surface area is 151 Å². The number of para-hydroxylation sites is 1. The third-order valence-corrected chi connectivity index (χ3v) is 3.96. The van der Waals surface area contributed by atoms with Crippen molar-refractivity contribution in [2.45, 2.75) is 12.8 Å². The van der Waals surface area contributed by atoms with Crippen molar-refractivity contribution < 1.29 is 9.59 Å². The van der Waals surface area contributed by atoms with Crippen LogP contribution in [0.5, 0.6) is 0 Å². The highest BCUT2D eigenvalue weighted by Crippen LogP contribution is 2.12. The first-order chi connectivity index (χ1) is 12.7. The molecule has 1 aromatic heterocycles. The van der Waals surface area contributed by atoms with Gasteiger partial charge in [-0.15, -0.1) is 0 Å². The van der Waals surface area contributed by atoms with Gasteiger partial charge in [0.2, 0.25) is 5.91 Å². The van der Waals surface area contributed by atoms with Crippen molar-refractivity contribution in [2.75, 3.05) is 12.4 Å². The number of amides is 2. The summed E-state index contributed by atoms with van der Waals surface area (Å²) in [5.41, 5.74) is 3.21. The van der Waals surface area contributed by atoms with E-state index in [1.54, 1.807) is 42.2 Å². The molecule has 3 aromatic rings. The lowest BCUT2D eigenvalue weighted by Gasteiger charge is -2.06. The predicted molar refractivity (Wildman–Crippen MR) is 100 cm³/mol. The number of nitrogens with one attached hydrogen (secondary N) is 2. The van der Waals surface area contributed by atoms with Crippen LogP contribution in [0.4, 0.5) is 5.69 Å². The molecule has 0 saturated carbocycles. The second-order valence-electron chi connectivity index (χ2n) is 5.83. The van der Waals surface area contributed by atoms with Gasteiger partial charge in [-0.05, 0) is 48.4 Å². The maximum Gasteiger partial charge on any atom is 0.251 e. The molecule has 0 aliphatic heterocycles. The number of nitrogens with zero attached hydrogens (tertiary/aromatic N) is 2. The van der Waals surface area contributed by atoms with Crippen molar-refractivity contribution in [1.29, 1.82) is 0 Å². The fourth-order valence-electron chi connectivity index (χ4n) is 2.54. The van der Waals surface area contributed by atoms with Gasteiger partial charge in [0.05, 0.1) is 11.9 Å². The lowest BCUT2D eigenvalue weighted by Crippen LogP contribution is -2.18. The molecule has 6 nitrogen and oxygen atoms in total. The molecule has 0 fully saturated rings. The number of carbonyl (C=O) groups excluding carboxylic acids is 2. The van der Waals surface area contributed by atoms with E-state index in [0.29, 0.717) is 24.1 Å². The number of aromatic nitrogens is 2. The zero-order valence-corrected chi connectivity index (χ0v) is 14.5. The lowest BCUT2D eigenvalue weighted by molar-refractivity contribution is -0.116. The number of carbonyl (C=O) groups is 2. The van der Waals surface area contributed by atoms with Crippen molar-refractivity contribution in [3.8, 4) is 5.69 Å². The molecule has 0 unspecified atom stereocenters. The van der Waals surface area contributed by atoms with Crippen LogP contribution in [0, 0.1) is 0 Å². The predicted octanol–water partition coefficient (Wildman–Crippen LogP) is 2.80. The average Bonchev–Trinajstić information content (AvgIpc) is 3.16. The zero-order valence-electron chi connectivity index (χ0n) is 14.5. The van der Waals surface area contributed by atoms with Crippen molar-refractivity contribution in [3.05, 3.63) is 78.1 Å². The third kappa shape index (κ3) is 4.36.